The fraction of sp³-hybridized carbons (Fsp3) is 0.929. The van der Waals surface area contributed by atoms with Crippen LogP contribution in [-0.4, -0.2) is 53.0 Å². The molecule has 0 aromatic heterocycles. The Morgan fingerprint density at radius 1 is 1.22 bits per heavy atom. The van der Waals surface area contributed by atoms with E-state index < -0.39 is 0 Å². The third-order valence-corrected chi connectivity index (χ3v) is 4.89. The van der Waals surface area contributed by atoms with E-state index in [1.807, 2.05) is 0 Å². The number of hydrogen-bond donors (Lipinski definition) is 1. The summed E-state index contributed by atoms with van der Waals surface area (Å²) in [7, 11) is 0. The summed E-state index contributed by atoms with van der Waals surface area (Å²) in [6.07, 6.45) is 7.05. The van der Waals surface area contributed by atoms with Crippen LogP contribution in [0.3, 0.4) is 0 Å². The SMILES string of the molecule is CCN(C(=O)CN1C2CCC1CC(N)C2)C1CC1. The molecule has 1 saturated carbocycles. The second-order valence-corrected chi connectivity index (χ2v) is 6.20. The Bertz CT molecular complexity index is 315. The lowest BCUT2D eigenvalue weighted by atomic mass is 9.98. The number of carbonyl (C=O) groups excluding carboxylic acids is 1. The van der Waals surface area contributed by atoms with E-state index in [-0.39, 0.29) is 0 Å². The minimum atomic E-state index is 0.340. The van der Waals surface area contributed by atoms with Gasteiger partial charge in [0.05, 0.1) is 6.54 Å². The van der Waals surface area contributed by atoms with Crippen molar-refractivity contribution in [2.75, 3.05) is 13.1 Å². The minimum absolute atomic E-state index is 0.340. The lowest BCUT2D eigenvalue weighted by Gasteiger charge is -2.38. The maximum absolute atomic E-state index is 12.4. The van der Waals surface area contributed by atoms with Gasteiger partial charge in [-0.2, -0.15) is 0 Å². The molecule has 2 saturated heterocycles. The summed E-state index contributed by atoms with van der Waals surface area (Å²) in [6.45, 7) is 3.59. The van der Waals surface area contributed by atoms with Gasteiger partial charge in [0, 0.05) is 30.7 Å². The topological polar surface area (TPSA) is 49.6 Å². The third kappa shape index (κ3) is 2.28. The van der Waals surface area contributed by atoms with Gasteiger partial charge in [-0.05, 0) is 45.4 Å². The van der Waals surface area contributed by atoms with Gasteiger partial charge in [-0.3, -0.25) is 9.69 Å². The highest BCUT2D eigenvalue weighted by Gasteiger charge is 2.41. The highest BCUT2D eigenvalue weighted by Crippen LogP contribution is 2.35. The molecule has 2 heterocycles. The molecule has 18 heavy (non-hydrogen) atoms. The Hall–Kier alpha value is -0.610. The quantitative estimate of drug-likeness (QED) is 0.809. The maximum atomic E-state index is 12.4. The van der Waals surface area contributed by atoms with E-state index in [1.54, 1.807) is 0 Å². The average molecular weight is 251 g/mol. The van der Waals surface area contributed by atoms with Crippen LogP contribution in [-0.2, 0) is 4.79 Å². The predicted molar refractivity (Wildman–Crippen MR) is 71.1 cm³/mol. The van der Waals surface area contributed by atoms with Crippen molar-refractivity contribution in [3.05, 3.63) is 0 Å². The van der Waals surface area contributed by atoms with Gasteiger partial charge in [0.2, 0.25) is 5.91 Å². The number of likely N-dealkylation sites (N-methyl/N-ethyl adjacent to an activating group) is 1. The number of hydrogen-bond acceptors (Lipinski definition) is 3. The predicted octanol–water partition coefficient (Wildman–Crippen LogP) is 0.951. The molecular formula is C14H25N3O. The van der Waals surface area contributed by atoms with Crippen molar-refractivity contribution in [3.8, 4) is 0 Å². The normalized spacial score (nSPS) is 35.8. The fourth-order valence-electron chi connectivity index (χ4n) is 3.85. The van der Waals surface area contributed by atoms with Crippen LogP contribution >= 0.6 is 0 Å². The van der Waals surface area contributed by atoms with Crippen LogP contribution in [0.2, 0.25) is 0 Å². The zero-order chi connectivity index (χ0) is 12.7. The number of amides is 1. The molecule has 1 amide bonds. The lowest BCUT2D eigenvalue weighted by Crippen LogP contribution is -2.51. The van der Waals surface area contributed by atoms with Crippen molar-refractivity contribution in [2.24, 2.45) is 5.73 Å². The van der Waals surface area contributed by atoms with E-state index in [9.17, 15) is 4.79 Å². The van der Waals surface area contributed by atoms with E-state index in [0.29, 0.717) is 36.6 Å². The number of fused-ring (bicyclic) bond motifs is 2. The third-order valence-electron chi connectivity index (χ3n) is 4.89. The number of nitrogens with two attached hydrogens (primary N) is 1. The highest BCUT2D eigenvalue weighted by molar-refractivity contribution is 5.79. The molecule has 4 nitrogen and oxygen atoms in total. The fourth-order valence-corrected chi connectivity index (χ4v) is 3.85. The molecule has 1 aliphatic carbocycles. The van der Waals surface area contributed by atoms with Crippen molar-refractivity contribution < 1.29 is 4.79 Å². The molecule has 3 fully saturated rings. The Kier molecular flexibility index (Phi) is 3.32. The summed E-state index contributed by atoms with van der Waals surface area (Å²) in [5, 5.41) is 0. The van der Waals surface area contributed by atoms with Crippen molar-refractivity contribution in [1.82, 2.24) is 9.80 Å². The molecule has 0 spiro atoms. The summed E-state index contributed by atoms with van der Waals surface area (Å²) in [6, 6.07) is 2.05. The molecule has 102 valence electrons. The van der Waals surface area contributed by atoms with Crippen LogP contribution in [0.25, 0.3) is 0 Å². The molecule has 2 aliphatic heterocycles. The first-order chi connectivity index (χ1) is 8.69. The van der Waals surface area contributed by atoms with Gasteiger partial charge in [-0.1, -0.05) is 0 Å². The Morgan fingerprint density at radius 3 is 2.33 bits per heavy atom. The smallest absolute Gasteiger partial charge is 0.237 e. The molecule has 3 rings (SSSR count). The molecule has 4 heteroatoms. The molecule has 2 atom stereocenters. The minimum Gasteiger partial charge on any atom is -0.339 e. The first-order valence-corrected chi connectivity index (χ1v) is 7.49. The van der Waals surface area contributed by atoms with Gasteiger partial charge < -0.3 is 10.6 Å². The van der Waals surface area contributed by atoms with E-state index >= 15 is 0 Å². The van der Waals surface area contributed by atoms with Gasteiger partial charge in [0.15, 0.2) is 0 Å². The van der Waals surface area contributed by atoms with E-state index in [4.69, 9.17) is 5.73 Å². The van der Waals surface area contributed by atoms with Crippen molar-refractivity contribution in [2.45, 2.75) is 69.6 Å². The summed E-state index contributed by atoms with van der Waals surface area (Å²) >= 11 is 0. The average Bonchev–Trinajstić information content (AvgIpc) is 3.11. The monoisotopic (exact) mass is 251 g/mol. The van der Waals surface area contributed by atoms with Crippen LogP contribution < -0.4 is 5.73 Å². The van der Waals surface area contributed by atoms with Crippen molar-refractivity contribution in [1.29, 1.82) is 0 Å². The van der Waals surface area contributed by atoms with Crippen LogP contribution in [0.1, 0.15) is 45.4 Å². The Balaban J connectivity index is 1.61. The number of carbonyl (C=O) groups is 1. The Labute approximate surface area is 109 Å². The molecule has 2 unspecified atom stereocenters. The van der Waals surface area contributed by atoms with Crippen molar-refractivity contribution in [3.63, 3.8) is 0 Å². The second kappa shape index (κ2) is 4.82. The van der Waals surface area contributed by atoms with Gasteiger partial charge in [-0.25, -0.2) is 0 Å². The molecule has 0 aromatic carbocycles. The highest BCUT2D eigenvalue weighted by atomic mass is 16.2. The van der Waals surface area contributed by atoms with E-state index in [2.05, 4.69) is 16.7 Å². The van der Waals surface area contributed by atoms with Crippen LogP contribution in [0.5, 0.6) is 0 Å². The lowest BCUT2D eigenvalue weighted by molar-refractivity contribution is -0.134. The van der Waals surface area contributed by atoms with E-state index in [0.717, 1.165) is 19.4 Å². The van der Waals surface area contributed by atoms with Gasteiger partial charge in [0.25, 0.3) is 0 Å². The summed E-state index contributed by atoms with van der Waals surface area (Å²) in [5.74, 6) is 0.340. The molecule has 2 N–H and O–H groups in total. The largest absolute Gasteiger partial charge is 0.339 e. The molecule has 0 aromatic rings. The molecule has 2 bridgehead atoms. The molecule has 0 radical (unpaired) electrons. The van der Waals surface area contributed by atoms with Crippen LogP contribution in [0.15, 0.2) is 0 Å². The summed E-state index contributed by atoms with van der Waals surface area (Å²) in [4.78, 5) is 16.9. The summed E-state index contributed by atoms with van der Waals surface area (Å²) in [5.41, 5.74) is 6.07. The first-order valence-electron chi connectivity index (χ1n) is 7.49. The standard InChI is InChI=1S/C14H25N3O/c1-2-16(11-3-4-11)14(18)9-17-12-5-6-13(17)8-10(15)7-12/h10-13H,2-9,15H2,1H3. The van der Waals surface area contributed by atoms with Crippen LogP contribution in [0.4, 0.5) is 0 Å². The molecule has 3 aliphatic rings. The van der Waals surface area contributed by atoms with E-state index in [1.165, 1.54) is 25.7 Å². The van der Waals surface area contributed by atoms with Gasteiger partial charge in [-0.15, -0.1) is 0 Å². The zero-order valence-electron chi connectivity index (χ0n) is 11.3. The Morgan fingerprint density at radius 2 is 1.83 bits per heavy atom. The first kappa shape index (κ1) is 12.4. The maximum Gasteiger partial charge on any atom is 0.237 e. The zero-order valence-corrected chi connectivity index (χ0v) is 11.3. The number of piperidine rings is 1. The van der Waals surface area contributed by atoms with Gasteiger partial charge >= 0.3 is 0 Å². The number of rotatable bonds is 4. The van der Waals surface area contributed by atoms with Gasteiger partial charge in [0.1, 0.15) is 0 Å². The van der Waals surface area contributed by atoms with Crippen LogP contribution in [0, 0.1) is 0 Å². The number of nitrogens with zero attached hydrogens (tertiary/aromatic N) is 2. The second-order valence-electron chi connectivity index (χ2n) is 6.20. The van der Waals surface area contributed by atoms with Crippen molar-refractivity contribution >= 4 is 5.91 Å². The summed E-state index contributed by atoms with van der Waals surface area (Å²) < 4.78 is 0. The molecular weight excluding hydrogens is 226 g/mol.